The van der Waals surface area contributed by atoms with E-state index in [0.717, 1.165) is 11.8 Å². The zero-order valence-electron chi connectivity index (χ0n) is 10.8. The summed E-state index contributed by atoms with van der Waals surface area (Å²) in [7, 11) is 0. The highest BCUT2D eigenvalue weighted by molar-refractivity contribution is 5.86. The van der Waals surface area contributed by atoms with E-state index in [1.165, 1.54) is 32.1 Å². The van der Waals surface area contributed by atoms with Gasteiger partial charge in [0.1, 0.15) is 0 Å². The molecule has 4 aliphatic rings. The van der Waals surface area contributed by atoms with Gasteiger partial charge >= 0.3 is 5.97 Å². The lowest BCUT2D eigenvalue weighted by molar-refractivity contribution is -0.151. The number of hydrogen-bond donors (Lipinski definition) is 1. The van der Waals surface area contributed by atoms with Crippen LogP contribution in [0.15, 0.2) is 12.2 Å². The molecule has 0 saturated heterocycles. The van der Waals surface area contributed by atoms with Gasteiger partial charge in [-0.05, 0) is 54.8 Å². The van der Waals surface area contributed by atoms with Crippen molar-refractivity contribution in [2.45, 2.75) is 46.0 Å². The summed E-state index contributed by atoms with van der Waals surface area (Å²) in [6, 6.07) is 0. The third-order valence-electron chi connectivity index (χ3n) is 5.70. The standard InChI is InChI=1S/C15H22O2/c1-9(13(16)17)12-14(2)5-10-4-11(6-14)8-15(12,3)7-10/h10-12H,1,4-8H2,2-3H3,(H,16,17). The van der Waals surface area contributed by atoms with Crippen LogP contribution in [0.2, 0.25) is 0 Å². The summed E-state index contributed by atoms with van der Waals surface area (Å²) in [6.07, 6.45) is 6.26. The summed E-state index contributed by atoms with van der Waals surface area (Å²) >= 11 is 0. The molecule has 0 spiro atoms. The zero-order valence-corrected chi connectivity index (χ0v) is 10.8. The average Bonchev–Trinajstić information content (AvgIpc) is 2.11. The maximum atomic E-state index is 11.3. The lowest BCUT2D eigenvalue weighted by Crippen LogP contribution is -2.57. The summed E-state index contributed by atoms with van der Waals surface area (Å²) in [5.74, 6) is 1.09. The second-order valence-electron chi connectivity index (χ2n) is 7.36. The highest BCUT2D eigenvalue weighted by Crippen LogP contribution is 2.69. The van der Waals surface area contributed by atoms with Crippen LogP contribution in [0.4, 0.5) is 0 Å². The summed E-state index contributed by atoms with van der Waals surface area (Å²) in [4.78, 5) is 11.3. The number of carbonyl (C=O) groups is 1. The molecular weight excluding hydrogens is 212 g/mol. The Kier molecular flexibility index (Phi) is 2.10. The van der Waals surface area contributed by atoms with Gasteiger partial charge in [0.15, 0.2) is 0 Å². The minimum Gasteiger partial charge on any atom is -0.478 e. The Balaban J connectivity index is 2.03. The molecule has 94 valence electrons. The van der Waals surface area contributed by atoms with Gasteiger partial charge in [0.05, 0.1) is 0 Å². The van der Waals surface area contributed by atoms with Gasteiger partial charge in [0.25, 0.3) is 0 Å². The van der Waals surface area contributed by atoms with Gasteiger partial charge < -0.3 is 5.11 Å². The predicted molar refractivity (Wildman–Crippen MR) is 66.5 cm³/mol. The van der Waals surface area contributed by atoms with E-state index in [1.54, 1.807) is 0 Å². The summed E-state index contributed by atoms with van der Waals surface area (Å²) in [5.41, 5.74) is 0.872. The van der Waals surface area contributed by atoms with Crippen molar-refractivity contribution < 1.29 is 9.90 Å². The molecule has 2 nitrogen and oxygen atoms in total. The fourth-order valence-corrected chi connectivity index (χ4v) is 6.03. The van der Waals surface area contributed by atoms with Crippen LogP contribution in [0, 0.1) is 28.6 Å². The van der Waals surface area contributed by atoms with Crippen molar-refractivity contribution in [3.63, 3.8) is 0 Å². The topological polar surface area (TPSA) is 37.3 Å². The van der Waals surface area contributed by atoms with Gasteiger partial charge in [-0.15, -0.1) is 0 Å². The van der Waals surface area contributed by atoms with Crippen molar-refractivity contribution in [1.82, 2.24) is 0 Å². The zero-order chi connectivity index (χ0) is 12.4. The Morgan fingerprint density at radius 2 is 1.53 bits per heavy atom. The van der Waals surface area contributed by atoms with Gasteiger partial charge in [0.2, 0.25) is 0 Å². The molecule has 0 aromatic rings. The third kappa shape index (κ3) is 1.42. The Morgan fingerprint density at radius 3 is 1.88 bits per heavy atom. The largest absolute Gasteiger partial charge is 0.478 e. The molecule has 4 rings (SSSR count). The van der Waals surface area contributed by atoms with E-state index < -0.39 is 5.97 Å². The summed E-state index contributed by atoms with van der Waals surface area (Å²) < 4.78 is 0. The second kappa shape index (κ2) is 3.15. The van der Waals surface area contributed by atoms with Crippen LogP contribution < -0.4 is 0 Å². The lowest BCUT2D eigenvalue weighted by Gasteiger charge is -2.65. The summed E-state index contributed by atoms with van der Waals surface area (Å²) in [5, 5.41) is 9.30. The number of carboxylic acids is 1. The number of carboxylic acid groups (broad SMARTS) is 1. The van der Waals surface area contributed by atoms with E-state index in [9.17, 15) is 9.90 Å². The molecule has 0 amide bonds. The maximum absolute atomic E-state index is 11.3. The quantitative estimate of drug-likeness (QED) is 0.743. The van der Waals surface area contributed by atoms with Crippen molar-refractivity contribution in [3.05, 3.63) is 12.2 Å². The highest BCUT2D eigenvalue weighted by atomic mass is 16.4. The molecule has 2 heteroatoms. The highest BCUT2D eigenvalue weighted by Gasteiger charge is 2.61. The first-order valence-corrected chi connectivity index (χ1v) is 6.76. The van der Waals surface area contributed by atoms with Gasteiger partial charge in [-0.3, -0.25) is 0 Å². The first-order chi connectivity index (χ1) is 7.84. The van der Waals surface area contributed by atoms with Gasteiger partial charge in [-0.25, -0.2) is 4.79 Å². The minimum absolute atomic E-state index is 0.195. The molecule has 0 atom stereocenters. The molecule has 4 aliphatic carbocycles. The normalized spacial score (nSPS) is 51.5. The van der Waals surface area contributed by atoms with Crippen LogP contribution in [0.1, 0.15) is 46.0 Å². The van der Waals surface area contributed by atoms with Crippen molar-refractivity contribution in [2.24, 2.45) is 28.6 Å². The Hall–Kier alpha value is -0.790. The van der Waals surface area contributed by atoms with E-state index in [-0.39, 0.29) is 16.7 Å². The third-order valence-corrected chi connectivity index (χ3v) is 5.70. The summed E-state index contributed by atoms with van der Waals surface area (Å²) in [6.45, 7) is 8.51. The fourth-order valence-electron chi connectivity index (χ4n) is 6.03. The molecule has 4 bridgehead atoms. The van der Waals surface area contributed by atoms with Crippen molar-refractivity contribution in [3.8, 4) is 0 Å². The first kappa shape index (κ1) is 11.3. The van der Waals surface area contributed by atoms with Crippen molar-refractivity contribution >= 4 is 5.97 Å². The van der Waals surface area contributed by atoms with Gasteiger partial charge in [0, 0.05) is 11.5 Å². The average molecular weight is 234 g/mol. The molecule has 17 heavy (non-hydrogen) atoms. The van der Waals surface area contributed by atoms with E-state index in [1.807, 2.05) is 0 Å². The van der Waals surface area contributed by atoms with Crippen LogP contribution in [-0.4, -0.2) is 11.1 Å². The molecule has 0 aliphatic heterocycles. The van der Waals surface area contributed by atoms with Crippen molar-refractivity contribution in [1.29, 1.82) is 0 Å². The monoisotopic (exact) mass is 234 g/mol. The smallest absolute Gasteiger partial charge is 0.331 e. The predicted octanol–water partition coefficient (Wildman–Crippen LogP) is 3.48. The molecule has 0 heterocycles. The molecule has 4 saturated carbocycles. The Labute approximate surface area is 103 Å². The molecule has 0 unspecified atom stereocenters. The van der Waals surface area contributed by atoms with Crippen LogP contribution in [-0.2, 0) is 4.79 Å². The maximum Gasteiger partial charge on any atom is 0.331 e. The minimum atomic E-state index is -0.787. The van der Waals surface area contributed by atoms with Crippen LogP contribution in [0.5, 0.6) is 0 Å². The lowest BCUT2D eigenvalue weighted by atomic mass is 9.39. The van der Waals surface area contributed by atoms with E-state index in [0.29, 0.717) is 5.57 Å². The van der Waals surface area contributed by atoms with Gasteiger partial charge in [-0.2, -0.15) is 0 Å². The SMILES string of the molecule is C=C(C(=O)O)C1C2(C)CC3CC(C2)CC1(C)C3. The number of hydrogen-bond acceptors (Lipinski definition) is 1. The molecular formula is C15H22O2. The van der Waals surface area contributed by atoms with E-state index >= 15 is 0 Å². The van der Waals surface area contributed by atoms with Crippen molar-refractivity contribution in [2.75, 3.05) is 0 Å². The first-order valence-electron chi connectivity index (χ1n) is 6.76. The van der Waals surface area contributed by atoms with E-state index in [2.05, 4.69) is 20.4 Å². The molecule has 0 aromatic heterocycles. The van der Waals surface area contributed by atoms with Gasteiger partial charge in [-0.1, -0.05) is 20.4 Å². The van der Waals surface area contributed by atoms with Crippen LogP contribution in [0.3, 0.4) is 0 Å². The number of rotatable bonds is 2. The second-order valence-corrected chi connectivity index (χ2v) is 7.36. The fraction of sp³-hybridized carbons (Fsp3) is 0.800. The Morgan fingerprint density at radius 1 is 1.12 bits per heavy atom. The number of aliphatic carboxylic acids is 1. The molecule has 0 aromatic carbocycles. The van der Waals surface area contributed by atoms with E-state index in [4.69, 9.17) is 0 Å². The molecule has 1 N–H and O–H groups in total. The molecule has 4 fully saturated rings. The Bertz CT molecular complexity index is 360. The van der Waals surface area contributed by atoms with Crippen LogP contribution in [0.25, 0.3) is 0 Å². The van der Waals surface area contributed by atoms with Crippen LogP contribution >= 0.6 is 0 Å². The molecule has 0 radical (unpaired) electrons.